The van der Waals surface area contributed by atoms with Gasteiger partial charge in [-0.1, -0.05) is 6.07 Å². The molecule has 0 heterocycles. The summed E-state index contributed by atoms with van der Waals surface area (Å²) in [5.74, 6) is -0.137. The minimum absolute atomic E-state index is 0.0996. The summed E-state index contributed by atoms with van der Waals surface area (Å²) in [6.45, 7) is 8.96. The fraction of sp³-hybridized carbons (Fsp3) is 0.529. The van der Waals surface area contributed by atoms with E-state index in [0.717, 1.165) is 5.75 Å². The molecule has 0 saturated heterocycles. The van der Waals surface area contributed by atoms with Gasteiger partial charge in [-0.25, -0.2) is 0 Å². The Balaban J connectivity index is 2.53. The van der Waals surface area contributed by atoms with Crippen LogP contribution in [0.1, 0.15) is 25.0 Å². The third kappa shape index (κ3) is 7.05. The first-order valence-electron chi connectivity index (χ1n) is 7.72. The fourth-order valence-electron chi connectivity index (χ4n) is 2.12. The highest BCUT2D eigenvalue weighted by Gasteiger charge is 2.19. The minimum Gasteiger partial charge on any atom is -0.480 e. The molecular formula is C17H26N2O3S. The molecule has 1 aromatic rings. The Labute approximate surface area is 142 Å². The number of carboxylic acid groups (broad SMARTS) is 1. The van der Waals surface area contributed by atoms with Crippen LogP contribution in [0.2, 0.25) is 0 Å². The van der Waals surface area contributed by atoms with Crippen molar-refractivity contribution < 1.29 is 14.7 Å². The molecule has 0 aromatic heterocycles. The lowest BCUT2D eigenvalue weighted by Crippen LogP contribution is -2.44. The third-order valence-corrected chi connectivity index (χ3v) is 4.78. The van der Waals surface area contributed by atoms with Crippen LogP contribution in [0.3, 0.4) is 0 Å². The molecule has 2 N–H and O–H groups in total. The predicted octanol–water partition coefficient (Wildman–Crippen LogP) is 2.31. The number of carbonyl (C=O) groups excluding carboxylic acids is 1. The van der Waals surface area contributed by atoms with Crippen LogP contribution in [0.15, 0.2) is 23.1 Å². The van der Waals surface area contributed by atoms with Crippen LogP contribution in [-0.4, -0.2) is 53.3 Å². The zero-order valence-electron chi connectivity index (χ0n) is 14.3. The van der Waals surface area contributed by atoms with E-state index < -0.39 is 12.0 Å². The van der Waals surface area contributed by atoms with Gasteiger partial charge in [-0.3, -0.25) is 14.5 Å². The molecule has 0 saturated carbocycles. The van der Waals surface area contributed by atoms with Gasteiger partial charge in [0, 0.05) is 37.2 Å². The molecule has 1 unspecified atom stereocenters. The van der Waals surface area contributed by atoms with E-state index in [9.17, 15) is 14.7 Å². The first kappa shape index (κ1) is 19.5. The van der Waals surface area contributed by atoms with Crippen molar-refractivity contribution in [1.82, 2.24) is 10.2 Å². The lowest BCUT2D eigenvalue weighted by Gasteiger charge is -2.26. The highest BCUT2D eigenvalue weighted by molar-refractivity contribution is 7.99. The summed E-state index contributed by atoms with van der Waals surface area (Å²) in [7, 11) is 0. The second-order valence-electron chi connectivity index (χ2n) is 5.63. The number of aliphatic carboxylic acids is 1. The van der Waals surface area contributed by atoms with Crippen molar-refractivity contribution in [2.24, 2.45) is 0 Å². The number of hydrogen-bond donors (Lipinski definition) is 2. The molecule has 23 heavy (non-hydrogen) atoms. The monoisotopic (exact) mass is 338 g/mol. The lowest BCUT2D eigenvalue weighted by molar-refractivity contribution is -0.142. The average Bonchev–Trinajstić information content (AvgIpc) is 2.48. The van der Waals surface area contributed by atoms with Gasteiger partial charge in [-0.15, -0.1) is 11.8 Å². The molecule has 0 radical (unpaired) electrons. The number of benzene rings is 1. The molecule has 1 aromatic carbocycles. The molecule has 0 spiro atoms. The van der Waals surface area contributed by atoms with Gasteiger partial charge >= 0.3 is 5.97 Å². The predicted molar refractivity (Wildman–Crippen MR) is 94.0 cm³/mol. The highest BCUT2D eigenvalue weighted by atomic mass is 32.2. The fourth-order valence-corrected chi connectivity index (χ4v) is 3.10. The molecule has 1 atom stereocenters. The van der Waals surface area contributed by atoms with E-state index in [1.54, 1.807) is 18.7 Å². The zero-order valence-corrected chi connectivity index (χ0v) is 15.1. The van der Waals surface area contributed by atoms with Crippen molar-refractivity contribution in [3.8, 4) is 0 Å². The number of carboxylic acids is 1. The number of thioether (sulfide) groups is 1. The van der Waals surface area contributed by atoms with Crippen molar-refractivity contribution in [2.75, 3.05) is 25.4 Å². The second-order valence-corrected chi connectivity index (χ2v) is 6.80. The van der Waals surface area contributed by atoms with E-state index in [0.29, 0.717) is 19.6 Å². The Kier molecular flexibility index (Phi) is 8.12. The van der Waals surface area contributed by atoms with E-state index in [1.807, 2.05) is 4.90 Å². The number of nitrogens with zero attached hydrogens (tertiary/aromatic N) is 1. The Morgan fingerprint density at radius 1 is 1.26 bits per heavy atom. The molecule has 1 rings (SSSR count). The van der Waals surface area contributed by atoms with Gasteiger partial charge in [-0.05, 0) is 44.0 Å². The summed E-state index contributed by atoms with van der Waals surface area (Å²) in [6.07, 6.45) is 0. The van der Waals surface area contributed by atoms with E-state index in [1.165, 1.54) is 22.9 Å². The Morgan fingerprint density at radius 3 is 2.52 bits per heavy atom. The van der Waals surface area contributed by atoms with Crippen molar-refractivity contribution in [3.05, 3.63) is 29.3 Å². The number of aryl methyl sites for hydroxylation is 2. The van der Waals surface area contributed by atoms with Crippen LogP contribution in [0.25, 0.3) is 0 Å². The number of carbonyl (C=O) groups is 2. The van der Waals surface area contributed by atoms with Crippen molar-refractivity contribution >= 4 is 23.6 Å². The van der Waals surface area contributed by atoms with Gasteiger partial charge in [0.1, 0.15) is 6.04 Å². The molecule has 0 bridgehead atoms. The van der Waals surface area contributed by atoms with E-state index in [4.69, 9.17) is 0 Å². The summed E-state index contributed by atoms with van der Waals surface area (Å²) >= 11 is 1.72. The summed E-state index contributed by atoms with van der Waals surface area (Å²) in [5.41, 5.74) is 2.53. The van der Waals surface area contributed by atoms with Crippen LogP contribution in [-0.2, 0) is 9.59 Å². The van der Waals surface area contributed by atoms with Crippen molar-refractivity contribution in [3.63, 3.8) is 0 Å². The lowest BCUT2D eigenvalue weighted by atomic mass is 10.1. The first-order valence-corrected chi connectivity index (χ1v) is 8.71. The molecule has 128 valence electrons. The molecule has 5 nitrogen and oxygen atoms in total. The molecule has 1 amide bonds. The molecule has 0 aliphatic carbocycles. The van der Waals surface area contributed by atoms with Gasteiger partial charge in [0.15, 0.2) is 0 Å². The maximum Gasteiger partial charge on any atom is 0.320 e. The molecular weight excluding hydrogens is 312 g/mol. The highest BCUT2D eigenvalue weighted by Crippen LogP contribution is 2.21. The van der Waals surface area contributed by atoms with Crippen LogP contribution in [0, 0.1) is 13.8 Å². The largest absolute Gasteiger partial charge is 0.480 e. The van der Waals surface area contributed by atoms with Gasteiger partial charge in [0.25, 0.3) is 0 Å². The topological polar surface area (TPSA) is 69.6 Å². The van der Waals surface area contributed by atoms with Crippen LogP contribution >= 0.6 is 11.8 Å². The summed E-state index contributed by atoms with van der Waals surface area (Å²) in [4.78, 5) is 25.2. The van der Waals surface area contributed by atoms with Crippen LogP contribution in [0.5, 0.6) is 0 Å². The quantitative estimate of drug-likeness (QED) is 0.676. The Bertz CT molecular complexity index is 549. The molecule has 0 fully saturated rings. The van der Waals surface area contributed by atoms with E-state index in [2.05, 4.69) is 37.4 Å². The molecule has 0 aliphatic heterocycles. The summed E-state index contributed by atoms with van der Waals surface area (Å²) in [5, 5.41) is 11.9. The van der Waals surface area contributed by atoms with Gasteiger partial charge in [-0.2, -0.15) is 0 Å². The Hall–Kier alpha value is -1.53. The van der Waals surface area contributed by atoms with Gasteiger partial charge < -0.3 is 10.4 Å². The number of amides is 1. The SMILES string of the molecule is CC(=O)NCCN(CCSc1ccc(C)c(C)c1)C(C)C(=O)O. The van der Waals surface area contributed by atoms with Crippen molar-refractivity contribution in [1.29, 1.82) is 0 Å². The minimum atomic E-state index is -0.844. The third-order valence-electron chi connectivity index (χ3n) is 3.80. The first-order chi connectivity index (χ1) is 10.8. The van der Waals surface area contributed by atoms with Gasteiger partial charge in [0.05, 0.1) is 0 Å². The summed E-state index contributed by atoms with van der Waals surface area (Å²) < 4.78 is 0. The van der Waals surface area contributed by atoms with Crippen LogP contribution in [0.4, 0.5) is 0 Å². The number of rotatable bonds is 9. The summed E-state index contributed by atoms with van der Waals surface area (Å²) in [6, 6.07) is 5.79. The van der Waals surface area contributed by atoms with Crippen molar-refractivity contribution in [2.45, 2.75) is 38.6 Å². The van der Waals surface area contributed by atoms with E-state index >= 15 is 0 Å². The Morgan fingerprint density at radius 2 is 1.96 bits per heavy atom. The number of nitrogens with one attached hydrogen (secondary N) is 1. The van der Waals surface area contributed by atoms with Gasteiger partial charge in [0.2, 0.25) is 5.91 Å². The molecule has 0 aliphatic rings. The average molecular weight is 338 g/mol. The van der Waals surface area contributed by atoms with E-state index in [-0.39, 0.29) is 5.91 Å². The second kappa shape index (κ2) is 9.57. The standard InChI is InChI=1S/C17H26N2O3S/c1-12-5-6-16(11-13(12)2)23-10-9-19(14(3)17(21)22)8-7-18-15(4)20/h5-6,11,14H,7-10H2,1-4H3,(H,18,20)(H,21,22). The smallest absolute Gasteiger partial charge is 0.320 e. The maximum atomic E-state index is 11.2. The van der Waals surface area contributed by atoms with Crippen LogP contribution < -0.4 is 5.32 Å². The number of hydrogen-bond acceptors (Lipinski definition) is 4. The zero-order chi connectivity index (χ0) is 17.4. The normalized spacial score (nSPS) is 12.2. The maximum absolute atomic E-state index is 11.2. The molecule has 6 heteroatoms.